The van der Waals surface area contributed by atoms with Crippen molar-refractivity contribution in [3.63, 3.8) is 0 Å². The molecule has 5 rings (SSSR count). The van der Waals surface area contributed by atoms with Gasteiger partial charge in [0.2, 0.25) is 0 Å². The molecule has 0 unspecified atom stereocenters. The Morgan fingerprint density at radius 2 is 1.81 bits per heavy atom. The molecule has 140 valence electrons. The summed E-state index contributed by atoms with van der Waals surface area (Å²) in [4.78, 5) is 11.5. The van der Waals surface area contributed by atoms with Gasteiger partial charge in [-0.25, -0.2) is 4.79 Å². The van der Waals surface area contributed by atoms with Gasteiger partial charge in [-0.1, -0.05) is 38.1 Å². The monoisotopic (exact) mass is 361 g/mol. The van der Waals surface area contributed by atoms with E-state index in [-0.39, 0.29) is 0 Å². The maximum atomic E-state index is 11.5. The fourth-order valence-electron chi connectivity index (χ4n) is 6.04. The lowest BCUT2D eigenvalue weighted by molar-refractivity contribution is 0.0696. The van der Waals surface area contributed by atoms with Crippen molar-refractivity contribution in [2.24, 2.45) is 17.8 Å². The molecule has 2 fully saturated rings. The minimum absolute atomic E-state index is 0.328. The third-order valence-electron chi connectivity index (χ3n) is 7.30. The molecule has 0 aromatic heterocycles. The number of fused-ring (bicyclic) bond motifs is 7. The van der Waals surface area contributed by atoms with Crippen molar-refractivity contribution in [1.82, 2.24) is 0 Å². The van der Waals surface area contributed by atoms with Crippen molar-refractivity contribution in [3.05, 3.63) is 64.7 Å². The molecule has 2 N–H and O–H groups in total. The Kier molecular flexibility index (Phi) is 3.82. The number of carbonyl (C=O) groups is 1. The van der Waals surface area contributed by atoms with Crippen LogP contribution in [-0.4, -0.2) is 11.1 Å². The molecule has 27 heavy (non-hydrogen) atoms. The fourth-order valence-corrected chi connectivity index (χ4v) is 6.04. The van der Waals surface area contributed by atoms with E-state index in [1.165, 1.54) is 36.0 Å². The van der Waals surface area contributed by atoms with Crippen molar-refractivity contribution in [2.45, 2.75) is 51.0 Å². The quantitative estimate of drug-likeness (QED) is 0.726. The van der Waals surface area contributed by atoms with Gasteiger partial charge < -0.3 is 10.4 Å². The third-order valence-corrected chi connectivity index (χ3v) is 7.30. The lowest BCUT2D eigenvalue weighted by Gasteiger charge is -2.43. The van der Waals surface area contributed by atoms with Gasteiger partial charge in [0, 0.05) is 5.69 Å². The van der Waals surface area contributed by atoms with Gasteiger partial charge in [0.1, 0.15) is 0 Å². The van der Waals surface area contributed by atoms with E-state index in [1.54, 1.807) is 6.07 Å². The summed E-state index contributed by atoms with van der Waals surface area (Å²) < 4.78 is 0. The molecule has 3 nitrogen and oxygen atoms in total. The second kappa shape index (κ2) is 6.12. The molecule has 5 atom stereocenters. The van der Waals surface area contributed by atoms with E-state index >= 15 is 0 Å². The zero-order chi connectivity index (χ0) is 18.7. The molecule has 1 heterocycles. The third kappa shape index (κ3) is 2.59. The summed E-state index contributed by atoms with van der Waals surface area (Å²) in [7, 11) is 0. The van der Waals surface area contributed by atoms with Crippen LogP contribution in [0.25, 0.3) is 0 Å². The topological polar surface area (TPSA) is 49.3 Å². The molecule has 0 saturated heterocycles. The molecule has 2 aromatic carbocycles. The Balaban J connectivity index is 1.57. The maximum Gasteiger partial charge on any atom is 0.335 e. The number of hydrogen-bond acceptors (Lipinski definition) is 2. The highest BCUT2D eigenvalue weighted by atomic mass is 16.4. The molecular weight excluding hydrogens is 334 g/mol. The molecule has 1 aliphatic heterocycles. The standard InChI is InChI=1S/C24H27NO2/c1-13(2)14-3-5-15(6-4-14)23-22-17-8-7-16(11-17)21(22)19-12-18(24(26)27)9-10-20(19)25-23/h3-6,9-10,12-13,16-17,21-23,25H,7-8,11H2,1-2H3,(H,26,27)/t16-,17-,21-,22-,23-/m0/s1. The van der Waals surface area contributed by atoms with E-state index in [4.69, 9.17) is 0 Å². The zero-order valence-corrected chi connectivity index (χ0v) is 16.0. The summed E-state index contributed by atoms with van der Waals surface area (Å²) in [6, 6.07) is 15.1. The van der Waals surface area contributed by atoms with Crippen LogP contribution >= 0.6 is 0 Å². The molecule has 0 spiro atoms. The van der Waals surface area contributed by atoms with Crippen molar-refractivity contribution in [2.75, 3.05) is 5.32 Å². The first-order valence-electron chi connectivity index (χ1n) is 10.3. The van der Waals surface area contributed by atoms with E-state index in [1.807, 2.05) is 12.1 Å². The first kappa shape index (κ1) is 16.9. The van der Waals surface area contributed by atoms with Crippen LogP contribution in [0.15, 0.2) is 42.5 Å². The van der Waals surface area contributed by atoms with Gasteiger partial charge in [-0.3, -0.25) is 0 Å². The zero-order valence-electron chi connectivity index (χ0n) is 16.0. The highest BCUT2D eigenvalue weighted by Crippen LogP contribution is 2.63. The van der Waals surface area contributed by atoms with E-state index in [0.717, 1.165) is 11.6 Å². The Morgan fingerprint density at radius 1 is 1.07 bits per heavy atom. The van der Waals surface area contributed by atoms with Gasteiger partial charge in [-0.15, -0.1) is 0 Å². The lowest BCUT2D eigenvalue weighted by Crippen LogP contribution is -2.35. The van der Waals surface area contributed by atoms with E-state index in [9.17, 15) is 9.90 Å². The number of hydrogen-bond donors (Lipinski definition) is 2. The van der Waals surface area contributed by atoms with Crippen LogP contribution in [0.2, 0.25) is 0 Å². The molecule has 0 radical (unpaired) electrons. The summed E-state index contributed by atoms with van der Waals surface area (Å²) >= 11 is 0. The number of aromatic carboxylic acids is 1. The molecule has 2 bridgehead atoms. The lowest BCUT2D eigenvalue weighted by atomic mass is 9.68. The van der Waals surface area contributed by atoms with Crippen LogP contribution in [0, 0.1) is 17.8 Å². The van der Waals surface area contributed by atoms with Crippen molar-refractivity contribution >= 4 is 11.7 Å². The Labute approximate surface area is 160 Å². The number of anilines is 1. The average molecular weight is 361 g/mol. The molecule has 2 aliphatic carbocycles. The van der Waals surface area contributed by atoms with Crippen LogP contribution in [0.5, 0.6) is 0 Å². The van der Waals surface area contributed by atoms with E-state index < -0.39 is 5.97 Å². The number of nitrogens with one attached hydrogen (secondary N) is 1. The Bertz CT molecular complexity index is 886. The summed E-state index contributed by atoms with van der Waals surface area (Å²) in [6.07, 6.45) is 3.91. The highest BCUT2D eigenvalue weighted by Gasteiger charge is 2.53. The van der Waals surface area contributed by atoms with Crippen LogP contribution < -0.4 is 5.32 Å². The predicted octanol–water partition coefficient (Wildman–Crippen LogP) is 5.80. The number of carboxylic acids is 1. The summed E-state index contributed by atoms with van der Waals surface area (Å²) in [5.41, 5.74) is 5.53. The Hall–Kier alpha value is -2.29. The van der Waals surface area contributed by atoms with Crippen molar-refractivity contribution < 1.29 is 9.90 Å². The molecule has 2 saturated carbocycles. The van der Waals surface area contributed by atoms with Crippen molar-refractivity contribution in [1.29, 1.82) is 0 Å². The minimum Gasteiger partial charge on any atom is -0.478 e. The van der Waals surface area contributed by atoms with Crippen LogP contribution in [0.1, 0.15) is 78.0 Å². The second-order valence-corrected chi connectivity index (χ2v) is 8.99. The fraction of sp³-hybridized carbons (Fsp3) is 0.458. The number of carboxylic acid groups (broad SMARTS) is 1. The molecular formula is C24H27NO2. The summed E-state index contributed by atoms with van der Waals surface area (Å²) in [6.45, 7) is 4.46. The Morgan fingerprint density at radius 3 is 2.52 bits per heavy atom. The number of benzene rings is 2. The largest absolute Gasteiger partial charge is 0.478 e. The van der Waals surface area contributed by atoms with Gasteiger partial charge >= 0.3 is 5.97 Å². The van der Waals surface area contributed by atoms with E-state index in [2.05, 4.69) is 43.4 Å². The molecule has 3 heteroatoms. The van der Waals surface area contributed by atoms with Gasteiger partial charge in [0.05, 0.1) is 11.6 Å². The first-order chi connectivity index (χ1) is 13.0. The van der Waals surface area contributed by atoms with Crippen LogP contribution in [-0.2, 0) is 0 Å². The van der Waals surface area contributed by atoms with Gasteiger partial charge in [0.15, 0.2) is 0 Å². The van der Waals surface area contributed by atoms with E-state index in [0.29, 0.717) is 35.3 Å². The van der Waals surface area contributed by atoms with Gasteiger partial charge in [-0.2, -0.15) is 0 Å². The number of rotatable bonds is 3. The molecule has 2 aromatic rings. The average Bonchev–Trinajstić information content (AvgIpc) is 3.29. The minimum atomic E-state index is -0.830. The normalized spacial score (nSPS) is 30.7. The highest BCUT2D eigenvalue weighted by molar-refractivity contribution is 5.88. The first-order valence-corrected chi connectivity index (χ1v) is 10.3. The van der Waals surface area contributed by atoms with Crippen LogP contribution in [0.3, 0.4) is 0 Å². The van der Waals surface area contributed by atoms with Crippen molar-refractivity contribution in [3.8, 4) is 0 Å². The maximum absolute atomic E-state index is 11.5. The molecule has 3 aliphatic rings. The van der Waals surface area contributed by atoms with Crippen LogP contribution in [0.4, 0.5) is 5.69 Å². The molecule has 0 amide bonds. The van der Waals surface area contributed by atoms with Gasteiger partial charge in [0.25, 0.3) is 0 Å². The van der Waals surface area contributed by atoms with Gasteiger partial charge in [-0.05, 0) is 83.7 Å². The summed E-state index contributed by atoms with van der Waals surface area (Å²) in [5, 5.41) is 13.2. The SMILES string of the molecule is CC(C)c1ccc([C@@H]2Nc3ccc(C(=O)O)cc3[C@@H]3[C@H]4CC[C@@H](C4)[C@@H]32)cc1. The summed E-state index contributed by atoms with van der Waals surface area (Å²) in [5.74, 6) is 2.25. The predicted molar refractivity (Wildman–Crippen MR) is 107 cm³/mol. The smallest absolute Gasteiger partial charge is 0.335 e. The second-order valence-electron chi connectivity index (χ2n) is 8.99.